The number of aryl methyl sites for hydroxylation is 1. The third kappa shape index (κ3) is 4.94. The van der Waals surface area contributed by atoms with Crippen molar-refractivity contribution in [3.63, 3.8) is 0 Å². The minimum atomic E-state index is 0.508. The van der Waals surface area contributed by atoms with Gasteiger partial charge >= 0.3 is 0 Å². The van der Waals surface area contributed by atoms with E-state index >= 15 is 0 Å². The van der Waals surface area contributed by atoms with Crippen molar-refractivity contribution in [3.8, 4) is 5.75 Å². The number of halogens is 2. The molecule has 0 atom stereocenters. The van der Waals surface area contributed by atoms with Gasteiger partial charge in [-0.3, -0.25) is 4.99 Å². The minimum Gasteiger partial charge on any atom is -0.488 e. The fourth-order valence-electron chi connectivity index (χ4n) is 2.32. The Labute approximate surface area is 161 Å². The smallest absolute Gasteiger partial charge is 0.128 e. The summed E-state index contributed by atoms with van der Waals surface area (Å²) in [4.78, 5) is 4.57. The van der Waals surface area contributed by atoms with Gasteiger partial charge in [-0.25, -0.2) is 0 Å². The highest BCUT2D eigenvalue weighted by Crippen LogP contribution is 2.24. The molecule has 0 fully saturated rings. The minimum absolute atomic E-state index is 0.508. The second-order valence-electron chi connectivity index (χ2n) is 5.64. The molecular weight excluding hydrogens is 398 g/mol. The summed E-state index contributed by atoms with van der Waals surface area (Å²) in [7, 11) is 0. The molecule has 3 aromatic carbocycles. The van der Waals surface area contributed by atoms with Crippen LogP contribution in [0.1, 0.15) is 16.7 Å². The fraction of sp³-hybridized carbons (Fsp3) is 0.0952. The molecule has 0 amide bonds. The molecule has 0 aliphatic carbocycles. The zero-order valence-electron chi connectivity index (χ0n) is 13.7. The summed E-state index contributed by atoms with van der Waals surface area (Å²) in [5, 5.41) is 0.678. The van der Waals surface area contributed by atoms with Crippen LogP contribution in [0, 0.1) is 6.92 Å². The molecule has 2 nitrogen and oxygen atoms in total. The van der Waals surface area contributed by atoms with Crippen LogP contribution >= 0.6 is 27.5 Å². The van der Waals surface area contributed by atoms with Crippen molar-refractivity contribution < 1.29 is 4.74 Å². The molecule has 0 spiro atoms. The summed E-state index contributed by atoms with van der Waals surface area (Å²) in [6.45, 7) is 2.52. The number of aliphatic imine (C=N–C) groups is 1. The molecule has 0 radical (unpaired) electrons. The van der Waals surface area contributed by atoms with Crippen molar-refractivity contribution in [1.82, 2.24) is 0 Å². The molecule has 3 rings (SSSR count). The first-order valence-electron chi connectivity index (χ1n) is 7.88. The SMILES string of the molecule is Cc1ccc(Cl)cc1N=Cc1ccccc1OCc1ccc(Br)cc1. The molecule has 0 bridgehead atoms. The predicted octanol–water partition coefficient (Wildman–Crippen LogP) is 6.74. The number of ether oxygens (including phenoxy) is 1. The van der Waals surface area contributed by atoms with Gasteiger partial charge in [0.15, 0.2) is 0 Å². The highest BCUT2D eigenvalue weighted by atomic mass is 79.9. The molecule has 0 aliphatic heterocycles. The summed E-state index contributed by atoms with van der Waals surface area (Å²) >= 11 is 9.50. The van der Waals surface area contributed by atoms with E-state index in [1.807, 2.05) is 79.9 Å². The molecule has 0 saturated carbocycles. The van der Waals surface area contributed by atoms with Crippen molar-refractivity contribution >= 4 is 39.4 Å². The molecule has 0 unspecified atom stereocenters. The third-order valence-electron chi connectivity index (χ3n) is 3.74. The first kappa shape index (κ1) is 17.7. The van der Waals surface area contributed by atoms with Gasteiger partial charge in [-0.05, 0) is 54.4 Å². The maximum Gasteiger partial charge on any atom is 0.128 e. The molecule has 4 heteroatoms. The van der Waals surface area contributed by atoms with Gasteiger partial charge in [0.2, 0.25) is 0 Å². The van der Waals surface area contributed by atoms with Gasteiger partial charge in [0.05, 0.1) is 5.69 Å². The fourth-order valence-corrected chi connectivity index (χ4v) is 2.75. The highest BCUT2D eigenvalue weighted by molar-refractivity contribution is 9.10. The Bertz CT molecular complexity index is 891. The average Bonchev–Trinajstić information content (AvgIpc) is 2.63. The van der Waals surface area contributed by atoms with Gasteiger partial charge in [-0.15, -0.1) is 0 Å². The summed E-state index contributed by atoms with van der Waals surface area (Å²) in [5.41, 5.74) is 3.98. The van der Waals surface area contributed by atoms with E-state index in [9.17, 15) is 0 Å². The van der Waals surface area contributed by atoms with E-state index in [0.29, 0.717) is 11.6 Å². The molecule has 3 aromatic rings. The number of rotatable bonds is 5. The Hall–Kier alpha value is -2.10. The summed E-state index contributed by atoms with van der Waals surface area (Å²) in [6.07, 6.45) is 1.82. The van der Waals surface area contributed by atoms with Crippen molar-refractivity contribution in [2.45, 2.75) is 13.5 Å². The lowest BCUT2D eigenvalue weighted by Gasteiger charge is -2.09. The second-order valence-corrected chi connectivity index (χ2v) is 6.99. The van der Waals surface area contributed by atoms with E-state index in [-0.39, 0.29) is 0 Å². The average molecular weight is 415 g/mol. The largest absolute Gasteiger partial charge is 0.488 e. The van der Waals surface area contributed by atoms with Crippen LogP contribution in [-0.2, 0) is 6.61 Å². The van der Waals surface area contributed by atoms with Crippen LogP contribution in [-0.4, -0.2) is 6.21 Å². The maximum atomic E-state index is 6.06. The van der Waals surface area contributed by atoms with Crippen LogP contribution in [0.2, 0.25) is 5.02 Å². The maximum absolute atomic E-state index is 6.06. The van der Waals surface area contributed by atoms with Crippen LogP contribution in [0.15, 0.2) is 76.2 Å². The standard InChI is InChI=1S/C21H17BrClNO/c1-15-6-11-19(23)12-20(15)24-13-17-4-2-3-5-21(17)25-14-16-7-9-18(22)10-8-16/h2-13H,14H2,1H3. The lowest BCUT2D eigenvalue weighted by Crippen LogP contribution is -1.98. The van der Waals surface area contributed by atoms with Crippen molar-refractivity contribution in [2.75, 3.05) is 0 Å². The van der Waals surface area contributed by atoms with Crippen LogP contribution in [0.25, 0.3) is 0 Å². The van der Waals surface area contributed by atoms with E-state index < -0.39 is 0 Å². The van der Waals surface area contributed by atoms with Crippen molar-refractivity contribution in [3.05, 3.63) is 92.9 Å². The number of hydrogen-bond acceptors (Lipinski definition) is 2. The summed E-state index contributed by atoms with van der Waals surface area (Å²) in [6, 6.07) is 21.6. The van der Waals surface area contributed by atoms with Crippen molar-refractivity contribution in [2.24, 2.45) is 4.99 Å². The van der Waals surface area contributed by atoms with Crippen LogP contribution in [0.3, 0.4) is 0 Å². The summed E-state index contributed by atoms with van der Waals surface area (Å²) < 4.78 is 7.03. The molecule has 0 N–H and O–H groups in total. The summed E-state index contributed by atoms with van der Waals surface area (Å²) in [5.74, 6) is 0.800. The number of para-hydroxylation sites is 1. The van der Waals surface area contributed by atoms with Gasteiger partial charge in [0.1, 0.15) is 12.4 Å². The first-order valence-corrected chi connectivity index (χ1v) is 9.05. The van der Waals surface area contributed by atoms with E-state index in [1.54, 1.807) is 0 Å². The van der Waals surface area contributed by atoms with Gasteiger partial charge in [0, 0.05) is 21.3 Å². The Morgan fingerprint density at radius 3 is 2.60 bits per heavy atom. The van der Waals surface area contributed by atoms with Gasteiger partial charge < -0.3 is 4.74 Å². The Morgan fingerprint density at radius 2 is 1.80 bits per heavy atom. The lowest BCUT2D eigenvalue weighted by molar-refractivity contribution is 0.306. The number of nitrogens with zero attached hydrogens (tertiary/aromatic N) is 1. The molecule has 126 valence electrons. The van der Waals surface area contributed by atoms with E-state index in [4.69, 9.17) is 16.3 Å². The Kier molecular flexibility index (Phi) is 5.90. The van der Waals surface area contributed by atoms with E-state index in [1.165, 1.54) is 0 Å². The Morgan fingerprint density at radius 1 is 1.04 bits per heavy atom. The normalized spacial score (nSPS) is 11.0. The van der Waals surface area contributed by atoms with Gasteiger partial charge in [-0.1, -0.05) is 57.9 Å². The van der Waals surface area contributed by atoms with Crippen LogP contribution in [0.5, 0.6) is 5.75 Å². The van der Waals surface area contributed by atoms with Crippen molar-refractivity contribution in [1.29, 1.82) is 0 Å². The molecular formula is C21H17BrClNO. The van der Waals surface area contributed by atoms with Gasteiger partial charge in [0.25, 0.3) is 0 Å². The molecule has 0 saturated heterocycles. The molecule has 0 aromatic heterocycles. The van der Waals surface area contributed by atoms with E-state index in [0.717, 1.165) is 32.6 Å². The molecule has 0 heterocycles. The van der Waals surface area contributed by atoms with Crippen LogP contribution in [0.4, 0.5) is 5.69 Å². The quantitative estimate of drug-likeness (QED) is 0.424. The Balaban J connectivity index is 1.77. The molecule has 0 aliphatic rings. The number of benzene rings is 3. The highest BCUT2D eigenvalue weighted by Gasteiger charge is 2.03. The second kappa shape index (κ2) is 8.32. The van der Waals surface area contributed by atoms with Crippen LogP contribution < -0.4 is 4.74 Å². The number of hydrogen-bond donors (Lipinski definition) is 0. The first-order chi connectivity index (χ1) is 12.1. The predicted molar refractivity (Wildman–Crippen MR) is 108 cm³/mol. The monoisotopic (exact) mass is 413 g/mol. The molecule has 25 heavy (non-hydrogen) atoms. The van der Waals surface area contributed by atoms with Gasteiger partial charge in [-0.2, -0.15) is 0 Å². The van der Waals surface area contributed by atoms with E-state index in [2.05, 4.69) is 20.9 Å². The zero-order valence-corrected chi connectivity index (χ0v) is 16.1. The topological polar surface area (TPSA) is 21.6 Å². The zero-order chi connectivity index (χ0) is 17.6. The lowest BCUT2D eigenvalue weighted by atomic mass is 10.2. The third-order valence-corrected chi connectivity index (χ3v) is 4.50.